The lowest BCUT2D eigenvalue weighted by molar-refractivity contribution is -0.241. The molecule has 0 amide bonds. The average Bonchev–Trinajstić information content (AvgIpc) is 3.06. The summed E-state index contributed by atoms with van der Waals surface area (Å²) in [6.07, 6.45) is 7.74. The highest BCUT2D eigenvalue weighted by Gasteiger charge is 2.68. The second-order valence-electron chi connectivity index (χ2n) is 14.0. The van der Waals surface area contributed by atoms with Crippen LogP contribution in [-0.2, 0) is 0 Å². The molecule has 190 valence electrons. The third kappa shape index (κ3) is 3.86. The SMILES string of the molecule is CC(C)=CCC[C@](C)(O)[C@@H]1CC[C@@]2(C)[C@@H]1[C@@H](O)C[C@@H]1[C@H]2C[C@H](O)[C@@H]2C(C)(C)[C@H](O)CC[C@]12C. The van der Waals surface area contributed by atoms with E-state index in [0.717, 1.165) is 51.4 Å². The van der Waals surface area contributed by atoms with Crippen LogP contribution in [0.2, 0.25) is 0 Å². The van der Waals surface area contributed by atoms with E-state index < -0.39 is 17.8 Å². The summed E-state index contributed by atoms with van der Waals surface area (Å²) in [6.45, 7) is 15.1. The Morgan fingerprint density at radius 2 is 1.48 bits per heavy atom. The lowest BCUT2D eigenvalue weighted by Gasteiger charge is -2.67. The van der Waals surface area contributed by atoms with Crippen LogP contribution >= 0.6 is 0 Å². The molecule has 4 N–H and O–H groups in total. The van der Waals surface area contributed by atoms with Crippen LogP contribution in [0.25, 0.3) is 0 Å². The average molecular weight is 463 g/mol. The van der Waals surface area contributed by atoms with E-state index in [9.17, 15) is 20.4 Å². The summed E-state index contributed by atoms with van der Waals surface area (Å²) in [4.78, 5) is 0. The minimum atomic E-state index is -0.793. The molecule has 4 aliphatic carbocycles. The Hall–Kier alpha value is -0.420. The van der Waals surface area contributed by atoms with E-state index in [4.69, 9.17) is 0 Å². The molecule has 0 aliphatic heterocycles. The van der Waals surface area contributed by atoms with Crippen molar-refractivity contribution >= 4 is 0 Å². The molecule has 0 unspecified atom stereocenters. The fourth-order valence-electron chi connectivity index (χ4n) is 9.92. The Labute approximate surface area is 201 Å². The van der Waals surface area contributed by atoms with Crippen molar-refractivity contribution in [2.75, 3.05) is 0 Å². The van der Waals surface area contributed by atoms with Crippen molar-refractivity contribution in [2.24, 2.45) is 45.8 Å². The molecule has 11 atom stereocenters. The predicted octanol–water partition coefficient (Wildman–Crippen LogP) is 5.08. The van der Waals surface area contributed by atoms with Crippen LogP contribution in [0.5, 0.6) is 0 Å². The molecule has 0 aromatic heterocycles. The molecule has 0 aromatic rings. The minimum Gasteiger partial charge on any atom is -0.393 e. The van der Waals surface area contributed by atoms with Gasteiger partial charge in [0.25, 0.3) is 0 Å². The summed E-state index contributed by atoms with van der Waals surface area (Å²) in [7, 11) is 0. The van der Waals surface area contributed by atoms with Crippen LogP contribution < -0.4 is 0 Å². The van der Waals surface area contributed by atoms with Crippen LogP contribution in [0.1, 0.15) is 99.8 Å². The summed E-state index contributed by atoms with van der Waals surface area (Å²) in [5.41, 5.74) is 0.0144. The highest BCUT2D eigenvalue weighted by atomic mass is 16.3. The Balaban J connectivity index is 1.64. The minimum absolute atomic E-state index is 0.0479. The fraction of sp³-hybridized carbons (Fsp3) is 0.931. The monoisotopic (exact) mass is 462 g/mol. The lowest BCUT2D eigenvalue weighted by atomic mass is 9.39. The van der Waals surface area contributed by atoms with E-state index in [1.807, 2.05) is 6.92 Å². The number of aliphatic hydroxyl groups is 4. The van der Waals surface area contributed by atoms with Crippen molar-refractivity contribution in [3.63, 3.8) is 0 Å². The maximum atomic E-state index is 11.6. The molecule has 0 aromatic carbocycles. The van der Waals surface area contributed by atoms with Crippen molar-refractivity contribution < 1.29 is 20.4 Å². The Kier molecular flexibility index (Phi) is 6.47. The second kappa shape index (κ2) is 8.32. The number of fused-ring (bicyclic) bond motifs is 5. The number of rotatable bonds is 4. The van der Waals surface area contributed by atoms with Crippen LogP contribution in [0.3, 0.4) is 0 Å². The molecule has 4 saturated carbocycles. The zero-order valence-corrected chi connectivity index (χ0v) is 22.1. The van der Waals surface area contributed by atoms with Gasteiger partial charge < -0.3 is 20.4 Å². The molecule has 0 saturated heterocycles. The molecule has 0 bridgehead atoms. The summed E-state index contributed by atoms with van der Waals surface area (Å²) < 4.78 is 0. The maximum Gasteiger partial charge on any atom is 0.0654 e. The van der Waals surface area contributed by atoms with Crippen molar-refractivity contribution in [1.82, 2.24) is 0 Å². The van der Waals surface area contributed by atoms with Gasteiger partial charge in [-0.05, 0) is 118 Å². The first-order chi connectivity index (χ1) is 15.2. The normalized spacial score (nSPS) is 50.5. The first-order valence-electron chi connectivity index (χ1n) is 13.6. The van der Waals surface area contributed by atoms with Crippen molar-refractivity contribution in [1.29, 1.82) is 0 Å². The summed E-state index contributed by atoms with van der Waals surface area (Å²) in [5, 5.41) is 45.5. The first kappa shape index (κ1) is 25.7. The molecular weight excluding hydrogens is 412 g/mol. The van der Waals surface area contributed by atoms with Crippen LogP contribution in [0.4, 0.5) is 0 Å². The van der Waals surface area contributed by atoms with Gasteiger partial charge in [-0.25, -0.2) is 0 Å². The van der Waals surface area contributed by atoms with Gasteiger partial charge in [0.2, 0.25) is 0 Å². The van der Waals surface area contributed by atoms with E-state index in [0.29, 0.717) is 11.8 Å². The Bertz CT molecular complexity index is 768. The van der Waals surface area contributed by atoms with Gasteiger partial charge in [-0.1, -0.05) is 39.3 Å². The standard InChI is InChI=1S/C29H50O4/c1-17(2)9-8-12-29(7,33)18-10-13-27(5)19-16-22(31)25-26(3,4)23(32)11-14-28(25,6)20(19)15-21(30)24(18)27/h9,18-25,30-33H,8,10-16H2,1-7H3/t18-,19-,20-,21+,22+,23-,24+,25-,27-,28-,29+/m1/s1. The van der Waals surface area contributed by atoms with Crippen molar-refractivity contribution in [3.8, 4) is 0 Å². The molecular formula is C29H50O4. The van der Waals surface area contributed by atoms with Gasteiger partial charge in [0, 0.05) is 0 Å². The van der Waals surface area contributed by atoms with Gasteiger partial charge in [-0.15, -0.1) is 0 Å². The van der Waals surface area contributed by atoms with E-state index in [1.54, 1.807) is 0 Å². The predicted molar refractivity (Wildman–Crippen MR) is 132 cm³/mol. The van der Waals surface area contributed by atoms with Crippen LogP contribution in [0, 0.1) is 45.8 Å². The van der Waals surface area contributed by atoms with Crippen molar-refractivity contribution in [2.45, 2.75) is 124 Å². The number of aliphatic hydroxyl groups excluding tert-OH is 3. The number of hydrogen-bond acceptors (Lipinski definition) is 4. The van der Waals surface area contributed by atoms with Gasteiger partial charge in [0.1, 0.15) is 0 Å². The highest BCUT2D eigenvalue weighted by Crippen LogP contribution is 2.71. The Morgan fingerprint density at radius 1 is 0.909 bits per heavy atom. The largest absolute Gasteiger partial charge is 0.393 e. The van der Waals surface area contributed by atoms with E-state index in [2.05, 4.69) is 47.6 Å². The topological polar surface area (TPSA) is 80.9 Å². The van der Waals surface area contributed by atoms with E-state index >= 15 is 0 Å². The van der Waals surface area contributed by atoms with Gasteiger partial charge in [0.15, 0.2) is 0 Å². The second-order valence-corrected chi connectivity index (χ2v) is 14.0. The molecule has 4 nitrogen and oxygen atoms in total. The molecule has 33 heavy (non-hydrogen) atoms. The van der Waals surface area contributed by atoms with Crippen LogP contribution in [-0.4, -0.2) is 44.3 Å². The van der Waals surface area contributed by atoms with E-state index in [1.165, 1.54) is 5.57 Å². The quantitative estimate of drug-likeness (QED) is 0.439. The van der Waals surface area contributed by atoms with Gasteiger partial charge in [-0.3, -0.25) is 0 Å². The summed E-state index contributed by atoms with van der Waals surface area (Å²) in [5.74, 6) is 0.924. The zero-order chi connectivity index (χ0) is 24.6. The van der Waals surface area contributed by atoms with E-state index in [-0.39, 0.29) is 40.1 Å². The number of hydrogen-bond donors (Lipinski definition) is 4. The third-order valence-corrected chi connectivity index (χ3v) is 11.5. The molecule has 4 rings (SSSR count). The zero-order valence-electron chi connectivity index (χ0n) is 22.1. The molecule has 0 heterocycles. The molecule has 4 aliphatic rings. The van der Waals surface area contributed by atoms with Crippen molar-refractivity contribution in [3.05, 3.63) is 11.6 Å². The highest BCUT2D eigenvalue weighted by molar-refractivity contribution is 5.17. The molecule has 4 fully saturated rings. The molecule has 0 radical (unpaired) electrons. The molecule has 0 spiro atoms. The summed E-state index contributed by atoms with van der Waals surface area (Å²) in [6, 6.07) is 0. The van der Waals surface area contributed by atoms with Gasteiger partial charge >= 0.3 is 0 Å². The number of allylic oxidation sites excluding steroid dienone is 2. The smallest absolute Gasteiger partial charge is 0.0654 e. The first-order valence-corrected chi connectivity index (χ1v) is 13.6. The lowest BCUT2D eigenvalue weighted by Crippen LogP contribution is -2.66. The third-order valence-electron chi connectivity index (χ3n) is 11.5. The summed E-state index contributed by atoms with van der Waals surface area (Å²) >= 11 is 0. The molecule has 4 heteroatoms. The fourth-order valence-corrected chi connectivity index (χ4v) is 9.92. The van der Waals surface area contributed by atoms with Gasteiger partial charge in [0.05, 0.1) is 23.9 Å². The Morgan fingerprint density at radius 3 is 2.12 bits per heavy atom. The van der Waals surface area contributed by atoms with Crippen LogP contribution in [0.15, 0.2) is 11.6 Å². The maximum absolute atomic E-state index is 11.6. The van der Waals surface area contributed by atoms with Gasteiger partial charge in [-0.2, -0.15) is 0 Å².